The van der Waals surface area contributed by atoms with Crippen molar-refractivity contribution in [2.24, 2.45) is 5.92 Å². The number of carbonyl (C=O) groups excluding carboxylic acids is 1. The summed E-state index contributed by atoms with van der Waals surface area (Å²) in [7, 11) is 0. The highest BCUT2D eigenvalue weighted by Gasteiger charge is 2.27. The minimum Gasteiger partial charge on any atom is -0.339 e. The van der Waals surface area contributed by atoms with Gasteiger partial charge in [-0.25, -0.2) is 0 Å². The lowest BCUT2D eigenvalue weighted by atomic mass is 10.2. The zero-order valence-corrected chi connectivity index (χ0v) is 12.3. The molecule has 4 heteroatoms. The Bertz CT molecular complexity index is 431. The molecule has 0 heterocycles. The van der Waals surface area contributed by atoms with Crippen LogP contribution in [0.25, 0.3) is 0 Å². The van der Waals surface area contributed by atoms with Crippen LogP contribution in [0.2, 0.25) is 0 Å². The Balaban J connectivity index is 2.18. The quantitative estimate of drug-likeness (QED) is 0.842. The predicted octanol–water partition coefficient (Wildman–Crippen LogP) is 3.61. The van der Waals surface area contributed by atoms with E-state index in [1.54, 1.807) is 0 Å². The van der Waals surface area contributed by atoms with Gasteiger partial charge in [-0.2, -0.15) is 0 Å². The fourth-order valence-electron chi connectivity index (χ4n) is 1.82. The van der Waals surface area contributed by atoms with E-state index in [1.165, 1.54) is 12.8 Å². The molecule has 1 aliphatic carbocycles. The summed E-state index contributed by atoms with van der Waals surface area (Å²) in [6.07, 6.45) is 2.52. The van der Waals surface area contributed by atoms with E-state index in [0.29, 0.717) is 5.56 Å². The van der Waals surface area contributed by atoms with Crippen molar-refractivity contribution in [2.75, 3.05) is 13.1 Å². The minimum atomic E-state index is 0.0992. The molecule has 0 aliphatic heterocycles. The highest BCUT2D eigenvalue weighted by Crippen LogP contribution is 2.30. The van der Waals surface area contributed by atoms with Gasteiger partial charge in [0.15, 0.2) is 0 Å². The van der Waals surface area contributed by atoms with Crippen molar-refractivity contribution in [3.05, 3.63) is 28.2 Å². The Morgan fingerprint density at radius 3 is 2.82 bits per heavy atom. The van der Waals surface area contributed by atoms with Crippen LogP contribution >= 0.6 is 28.6 Å². The summed E-state index contributed by atoms with van der Waals surface area (Å²) >= 11 is 7.71. The van der Waals surface area contributed by atoms with E-state index in [1.807, 2.05) is 30.0 Å². The summed E-state index contributed by atoms with van der Waals surface area (Å²) in [5.74, 6) is 0.819. The molecule has 2 rings (SSSR count). The van der Waals surface area contributed by atoms with Gasteiger partial charge in [-0.15, -0.1) is 12.6 Å². The number of hydrogen-bond acceptors (Lipinski definition) is 2. The van der Waals surface area contributed by atoms with Gasteiger partial charge < -0.3 is 4.90 Å². The largest absolute Gasteiger partial charge is 0.339 e. The van der Waals surface area contributed by atoms with Gasteiger partial charge in [0, 0.05) is 22.5 Å². The number of hydrogen-bond donors (Lipinski definition) is 1. The molecule has 0 spiro atoms. The molecule has 1 fully saturated rings. The summed E-state index contributed by atoms with van der Waals surface area (Å²) in [6.45, 7) is 3.68. The van der Waals surface area contributed by atoms with Crippen molar-refractivity contribution < 1.29 is 4.79 Å². The first-order valence-electron chi connectivity index (χ1n) is 5.89. The van der Waals surface area contributed by atoms with Gasteiger partial charge >= 0.3 is 0 Å². The second-order valence-electron chi connectivity index (χ2n) is 4.45. The molecule has 0 atom stereocenters. The van der Waals surface area contributed by atoms with Gasteiger partial charge in [0.05, 0.1) is 5.56 Å². The van der Waals surface area contributed by atoms with Gasteiger partial charge in [-0.05, 0) is 59.8 Å². The van der Waals surface area contributed by atoms with E-state index in [2.05, 4.69) is 28.6 Å². The number of thiol groups is 1. The monoisotopic (exact) mass is 313 g/mol. The predicted molar refractivity (Wildman–Crippen MR) is 75.7 cm³/mol. The number of rotatable bonds is 4. The van der Waals surface area contributed by atoms with Gasteiger partial charge in [-0.1, -0.05) is 0 Å². The van der Waals surface area contributed by atoms with Gasteiger partial charge in [-0.3, -0.25) is 4.79 Å². The Hall–Kier alpha value is -0.480. The van der Waals surface area contributed by atoms with E-state index in [0.717, 1.165) is 28.4 Å². The van der Waals surface area contributed by atoms with Crippen molar-refractivity contribution in [1.82, 2.24) is 4.90 Å². The second-order valence-corrected chi connectivity index (χ2v) is 5.82. The van der Waals surface area contributed by atoms with Crippen LogP contribution in [0.4, 0.5) is 0 Å². The van der Waals surface area contributed by atoms with Crippen LogP contribution in [0.15, 0.2) is 27.6 Å². The molecule has 0 bridgehead atoms. The smallest absolute Gasteiger partial charge is 0.255 e. The molecule has 1 aromatic rings. The van der Waals surface area contributed by atoms with Crippen molar-refractivity contribution >= 4 is 34.5 Å². The van der Waals surface area contributed by atoms with Crippen LogP contribution in [0.3, 0.4) is 0 Å². The molecule has 92 valence electrons. The van der Waals surface area contributed by atoms with Gasteiger partial charge in [0.25, 0.3) is 5.91 Å². The van der Waals surface area contributed by atoms with Gasteiger partial charge in [0.2, 0.25) is 0 Å². The first kappa shape index (κ1) is 13.0. The fourth-order valence-corrected chi connectivity index (χ4v) is 2.44. The number of halogens is 1. The maximum atomic E-state index is 12.4. The van der Waals surface area contributed by atoms with Crippen LogP contribution in [0, 0.1) is 5.92 Å². The van der Waals surface area contributed by atoms with Crippen molar-refractivity contribution in [2.45, 2.75) is 24.7 Å². The lowest BCUT2D eigenvalue weighted by Crippen LogP contribution is -2.32. The summed E-state index contributed by atoms with van der Waals surface area (Å²) in [5, 5.41) is 0. The third-order valence-corrected chi connectivity index (χ3v) is 3.99. The molecule has 1 aliphatic rings. The number of benzene rings is 1. The average Bonchev–Trinajstić information content (AvgIpc) is 3.12. The molecule has 0 saturated heterocycles. The summed E-state index contributed by atoms with van der Waals surface area (Å²) in [4.78, 5) is 15.1. The molecule has 17 heavy (non-hydrogen) atoms. The van der Waals surface area contributed by atoms with E-state index < -0.39 is 0 Å². The third kappa shape index (κ3) is 3.26. The zero-order valence-electron chi connectivity index (χ0n) is 9.82. The molecule has 0 unspecified atom stereocenters. The summed E-state index contributed by atoms with van der Waals surface area (Å²) < 4.78 is 0.842. The normalized spacial score (nSPS) is 14.8. The Kier molecular flexibility index (Phi) is 4.15. The van der Waals surface area contributed by atoms with Crippen LogP contribution in [0.1, 0.15) is 30.1 Å². The van der Waals surface area contributed by atoms with E-state index in [9.17, 15) is 4.79 Å². The number of amides is 1. The SMILES string of the molecule is CCN(CC1CC1)C(=O)c1cc(S)ccc1Br. The maximum Gasteiger partial charge on any atom is 0.255 e. The van der Waals surface area contributed by atoms with Crippen LogP contribution in [-0.4, -0.2) is 23.9 Å². The maximum absolute atomic E-state index is 12.4. The average molecular weight is 314 g/mol. The lowest BCUT2D eigenvalue weighted by molar-refractivity contribution is 0.0755. The molecule has 1 aromatic carbocycles. The molecule has 0 aromatic heterocycles. The van der Waals surface area contributed by atoms with Crippen LogP contribution < -0.4 is 0 Å². The van der Waals surface area contributed by atoms with Crippen LogP contribution in [0.5, 0.6) is 0 Å². The molecule has 1 saturated carbocycles. The van der Waals surface area contributed by atoms with Crippen molar-refractivity contribution in [1.29, 1.82) is 0 Å². The Morgan fingerprint density at radius 1 is 1.53 bits per heavy atom. The molecular weight excluding hydrogens is 298 g/mol. The highest BCUT2D eigenvalue weighted by atomic mass is 79.9. The number of nitrogens with zero attached hydrogens (tertiary/aromatic N) is 1. The first-order valence-corrected chi connectivity index (χ1v) is 7.13. The standard InChI is InChI=1S/C13H16BrNOS/c1-2-15(8-9-3-4-9)13(16)11-7-10(17)5-6-12(11)14/h5-7,9,17H,2-4,8H2,1H3. The fraction of sp³-hybridized carbons (Fsp3) is 0.462. The summed E-state index contributed by atoms with van der Waals surface area (Å²) in [5.41, 5.74) is 0.708. The molecular formula is C13H16BrNOS. The second kappa shape index (κ2) is 5.44. The van der Waals surface area contributed by atoms with E-state index >= 15 is 0 Å². The third-order valence-electron chi connectivity index (χ3n) is 3.02. The number of carbonyl (C=O) groups is 1. The van der Waals surface area contributed by atoms with Crippen LogP contribution in [-0.2, 0) is 0 Å². The highest BCUT2D eigenvalue weighted by molar-refractivity contribution is 9.10. The molecule has 1 amide bonds. The molecule has 2 nitrogen and oxygen atoms in total. The minimum absolute atomic E-state index is 0.0992. The Morgan fingerprint density at radius 2 is 2.24 bits per heavy atom. The van der Waals surface area contributed by atoms with Crippen molar-refractivity contribution in [3.63, 3.8) is 0 Å². The van der Waals surface area contributed by atoms with E-state index in [-0.39, 0.29) is 5.91 Å². The Labute approximate surface area is 116 Å². The zero-order chi connectivity index (χ0) is 12.4. The van der Waals surface area contributed by atoms with E-state index in [4.69, 9.17) is 0 Å². The lowest BCUT2D eigenvalue weighted by Gasteiger charge is -2.21. The topological polar surface area (TPSA) is 20.3 Å². The van der Waals surface area contributed by atoms with Gasteiger partial charge in [0.1, 0.15) is 0 Å². The first-order chi connectivity index (χ1) is 8.11. The molecule has 0 N–H and O–H groups in total. The molecule has 0 radical (unpaired) electrons. The van der Waals surface area contributed by atoms with Crippen molar-refractivity contribution in [3.8, 4) is 0 Å². The summed E-state index contributed by atoms with van der Waals surface area (Å²) in [6, 6.07) is 5.58.